The first-order valence-electron chi connectivity index (χ1n) is 10.0. The quantitative estimate of drug-likeness (QED) is 0.673. The van der Waals surface area contributed by atoms with Crippen LogP contribution in [0.3, 0.4) is 0 Å². The van der Waals surface area contributed by atoms with E-state index in [1.165, 1.54) is 32.1 Å². The molecular formula is C21H32O2. The number of rotatable bonds is 2. The van der Waals surface area contributed by atoms with Gasteiger partial charge in [0.2, 0.25) is 0 Å². The van der Waals surface area contributed by atoms with Gasteiger partial charge in [0, 0.05) is 5.41 Å². The van der Waals surface area contributed by atoms with E-state index in [0.29, 0.717) is 5.41 Å². The second-order valence-electron chi connectivity index (χ2n) is 10.7. The molecule has 6 aliphatic carbocycles. The summed E-state index contributed by atoms with van der Waals surface area (Å²) < 4.78 is 6.33. The minimum Gasteiger partial charge on any atom is -0.461 e. The second-order valence-corrected chi connectivity index (χ2v) is 10.7. The zero-order valence-electron chi connectivity index (χ0n) is 15.1. The first-order valence-corrected chi connectivity index (χ1v) is 10.0. The molecule has 6 saturated carbocycles. The zero-order chi connectivity index (χ0) is 16.0. The highest BCUT2D eigenvalue weighted by molar-refractivity contribution is 5.78. The summed E-state index contributed by atoms with van der Waals surface area (Å²) in [5.74, 6) is 3.41. The van der Waals surface area contributed by atoms with E-state index in [9.17, 15) is 4.79 Å². The molecule has 128 valence electrons. The maximum absolute atomic E-state index is 13.3. The van der Waals surface area contributed by atoms with Gasteiger partial charge >= 0.3 is 5.97 Å². The second kappa shape index (κ2) is 4.35. The van der Waals surface area contributed by atoms with Crippen LogP contribution in [0, 0.1) is 39.9 Å². The molecule has 0 radical (unpaired) electrons. The van der Waals surface area contributed by atoms with Crippen molar-refractivity contribution in [2.24, 2.45) is 39.9 Å². The van der Waals surface area contributed by atoms with Crippen LogP contribution in [0.4, 0.5) is 0 Å². The largest absolute Gasteiger partial charge is 0.461 e. The van der Waals surface area contributed by atoms with E-state index in [4.69, 9.17) is 4.74 Å². The maximum atomic E-state index is 13.3. The molecule has 0 heterocycles. The Bertz CT molecular complexity index is 513. The van der Waals surface area contributed by atoms with Crippen LogP contribution in [0.15, 0.2) is 0 Å². The predicted octanol–water partition coefficient (Wildman–Crippen LogP) is 4.96. The van der Waals surface area contributed by atoms with Crippen LogP contribution in [0.5, 0.6) is 0 Å². The lowest BCUT2D eigenvalue weighted by Crippen LogP contribution is -2.52. The van der Waals surface area contributed by atoms with Gasteiger partial charge in [-0.3, -0.25) is 4.79 Å². The lowest BCUT2D eigenvalue weighted by molar-refractivity contribution is -0.184. The van der Waals surface area contributed by atoms with Crippen molar-refractivity contribution in [3.63, 3.8) is 0 Å². The molecule has 0 spiro atoms. The molecule has 0 aromatic heterocycles. The molecule has 0 aromatic rings. The summed E-state index contributed by atoms with van der Waals surface area (Å²) in [5, 5.41) is 0. The summed E-state index contributed by atoms with van der Waals surface area (Å²) in [4.78, 5) is 13.3. The Balaban J connectivity index is 1.37. The third kappa shape index (κ3) is 1.79. The monoisotopic (exact) mass is 316 g/mol. The van der Waals surface area contributed by atoms with Gasteiger partial charge in [-0.2, -0.15) is 0 Å². The average Bonchev–Trinajstić information content (AvgIpc) is 2.79. The molecule has 2 nitrogen and oxygen atoms in total. The highest BCUT2D eigenvalue weighted by atomic mass is 16.5. The molecule has 6 fully saturated rings. The Morgan fingerprint density at radius 2 is 1.48 bits per heavy atom. The summed E-state index contributed by atoms with van der Waals surface area (Å²) >= 11 is 0. The number of carbonyl (C=O) groups excluding carboxylic acids is 1. The Kier molecular flexibility index (Phi) is 2.80. The molecule has 0 aliphatic heterocycles. The molecule has 0 aromatic carbocycles. The van der Waals surface area contributed by atoms with Gasteiger partial charge in [-0.05, 0) is 86.9 Å². The zero-order valence-corrected chi connectivity index (χ0v) is 15.1. The fourth-order valence-electron chi connectivity index (χ4n) is 7.92. The van der Waals surface area contributed by atoms with Gasteiger partial charge in [0.1, 0.15) is 6.10 Å². The van der Waals surface area contributed by atoms with Gasteiger partial charge in [0.25, 0.3) is 0 Å². The Morgan fingerprint density at radius 3 is 1.91 bits per heavy atom. The molecule has 3 atom stereocenters. The normalized spacial score (nSPS) is 55.3. The highest BCUT2D eigenvalue weighted by Gasteiger charge is 2.64. The number of hydrogen-bond acceptors (Lipinski definition) is 2. The standard InChI is InChI=1S/C21H32O2/c1-19(2)16-4-5-20(19,3)17(9-16)23-18(22)21-10-13-6-14(11-21)8-15(7-13)12-21/h13-17H,4-12H2,1-3H3/t13?,14?,15?,16-,17-,20+,21?/m1/s1. The van der Waals surface area contributed by atoms with E-state index in [0.717, 1.165) is 49.4 Å². The van der Waals surface area contributed by atoms with Gasteiger partial charge in [-0.25, -0.2) is 0 Å². The van der Waals surface area contributed by atoms with Crippen LogP contribution in [0.25, 0.3) is 0 Å². The van der Waals surface area contributed by atoms with Gasteiger partial charge in [0.05, 0.1) is 5.41 Å². The molecule has 0 saturated heterocycles. The maximum Gasteiger partial charge on any atom is 0.312 e. The van der Waals surface area contributed by atoms with Gasteiger partial charge in [0.15, 0.2) is 0 Å². The van der Waals surface area contributed by atoms with E-state index >= 15 is 0 Å². The number of hydrogen-bond donors (Lipinski definition) is 0. The molecule has 0 unspecified atom stereocenters. The molecule has 6 rings (SSSR count). The van der Waals surface area contributed by atoms with Crippen molar-refractivity contribution >= 4 is 5.97 Å². The van der Waals surface area contributed by atoms with Crippen molar-refractivity contribution in [3.8, 4) is 0 Å². The third-order valence-corrected chi connectivity index (χ3v) is 9.43. The van der Waals surface area contributed by atoms with Crippen LogP contribution in [-0.4, -0.2) is 12.1 Å². The Morgan fingerprint density at radius 1 is 0.913 bits per heavy atom. The van der Waals surface area contributed by atoms with Crippen LogP contribution in [0.1, 0.15) is 78.6 Å². The van der Waals surface area contributed by atoms with Gasteiger partial charge in [-0.15, -0.1) is 0 Å². The van der Waals surface area contributed by atoms with Crippen LogP contribution in [-0.2, 0) is 9.53 Å². The first-order chi connectivity index (χ1) is 10.8. The van der Waals surface area contributed by atoms with E-state index in [1.807, 2.05) is 0 Å². The van der Waals surface area contributed by atoms with Crippen molar-refractivity contribution in [1.29, 1.82) is 0 Å². The molecule has 2 heteroatoms. The molecule has 0 N–H and O–H groups in total. The molecule has 6 aliphatic rings. The smallest absolute Gasteiger partial charge is 0.312 e. The van der Waals surface area contributed by atoms with Crippen molar-refractivity contribution in [1.82, 2.24) is 0 Å². The summed E-state index contributed by atoms with van der Waals surface area (Å²) in [7, 11) is 0. The van der Waals surface area contributed by atoms with E-state index in [1.54, 1.807) is 0 Å². The van der Waals surface area contributed by atoms with E-state index < -0.39 is 0 Å². The van der Waals surface area contributed by atoms with Crippen molar-refractivity contribution < 1.29 is 9.53 Å². The SMILES string of the molecule is CC1(C)[C@@H]2CC[C@@]1(C)[C@H](OC(=O)C13CC4CC(CC(C4)C1)C3)C2. The number of ether oxygens (including phenoxy) is 1. The van der Waals surface area contributed by atoms with E-state index in [2.05, 4.69) is 20.8 Å². The van der Waals surface area contributed by atoms with Crippen molar-refractivity contribution in [2.75, 3.05) is 0 Å². The summed E-state index contributed by atoms with van der Waals surface area (Å²) in [5.41, 5.74) is 0.451. The summed E-state index contributed by atoms with van der Waals surface area (Å²) in [6.45, 7) is 7.20. The lowest BCUT2D eigenvalue weighted by atomic mass is 9.49. The predicted molar refractivity (Wildman–Crippen MR) is 89.7 cm³/mol. The third-order valence-electron chi connectivity index (χ3n) is 9.43. The fourth-order valence-corrected chi connectivity index (χ4v) is 7.92. The first kappa shape index (κ1) is 14.8. The summed E-state index contributed by atoms with van der Waals surface area (Å²) in [6, 6.07) is 0. The van der Waals surface area contributed by atoms with Crippen LogP contribution in [0.2, 0.25) is 0 Å². The molecule has 23 heavy (non-hydrogen) atoms. The van der Waals surface area contributed by atoms with Gasteiger partial charge in [-0.1, -0.05) is 20.8 Å². The minimum absolute atomic E-state index is 0.0862. The van der Waals surface area contributed by atoms with E-state index in [-0.39, 0.29) is 22.9 Å². The topological polar surface area (TPSA) is 26.3 Å². The average molecular weight is 316 g/mol. The lowest BCUT2D eigenvalue weighted by Gasteiger charge is -2.55. The number of esters is 1. The Hall–Kier alpha value is -0.530. The fraction of sp³-hybridized carbons (Fsp3) is 0.952. The van der Waals surface area contributed by atoms with Crippen molar-refractivity contribution in [2.45, 2.75) is 84.7 Å². The molecular weight excluding hydrogens is 284 g/mol. The number of fused-ring (bicyclic) bond motifs is 2. The van der Waals surface area contributed by atoms with Gasteiger partial charge < -0.3 is 4.74 Å². The van der Waals surface area contributed by atoms with Crippen LogP contribution >= 0.6 is 0 Å². The summed E-state index contributed by atoms with van der Waals surface area (Å²) in [6.07, 6.45) is 11.4. The molecule has 0 amide bonds. The molecule has 6 bridgehead atoms. The number of carbonyl (C=O) groups is 1. The minimum atomic E-state index is -0.0862. The van der Waals surface area contributed by atoms with Crippen molar-refractivity contribution in [3.05, 3.63) is 0 Å². The highest BCUT2D eigenvalue weighted by Crippen LogP contribution is 2.67. The van der Waals surface area contributed by atoms with Crippen LogP contribution < -0.4 is 0 Å². The Labute approximate surface area is 140 Å².